The van der Waals surface area contributed by atoms with Crippen molar-refractivity contribution in [3.63, 3.8) is 0 Å². The van der Waals surface area contributed by atoms with Gasteiger partial charge in [-0.25, -0.2) is 4.79 Å². The van der Waals surface area contributed by atoms with Gasteiger partial charge in [-0.2, -0.15) is 26.3 Å². The van der Waals surface area contributed by atoms with E-state index in [4.69, 9.17) is 11.6 Å². The maximum absolute atomic E-state index is 12.8. The van der Waals surface area contributed by atoms with Crippen LogP contribution in [0.15, 0.2) is 42.5 Å². The van der Waals surface area contributed by atoms with E-state index in [-0.39, 0.29) is 17.5 Å². The average molecular weight is 383 g/mol. The average Bonchev–Trinajstić information content (AvgIpc) is 2.53. The van der Waals surface area contributed by atoms with Crippen LogP contribution >= 0.6 is 11.6 Å². The minimum absolute atomic E-state index is 0.0418. The summed E-state index contributed by atoms with van der Waals surface area (Å²) in [6.07, 6.45) is -10.0. The van der Waals surface area contributed by atoms with Crippen LogP contribution in [0.5, 0.6) is 5.75 Å². The summed E-state index contributed by atoms with van der Waals surface area (Å²) in [6.45, 7) is 0. The Labute approximate surface area is 143 Å². The maximum Gasteiger partial charge on any atom is 0.416 e. The molecule has 0 aromatic heterocycles. The second-order valence-corrected chi connectivity index (χ2v) is 5.23. The fourth-order valence-corrected chi connectivity index (χ4v) is 2.06. The summed E-state index contributed by atoms with van der Waals surface area (Å²) in [4.78, 5) is 11.9. The molecule has 0 heterocycles. The first kappa shape index (κ1) is 19.1. The molecule has 134 valence electrons. The highest BCUT2D eigenvalue weighted by molar-refractivity contribution is 6.17. The molecule has 2 rings (SSSR count). The molecule has 25 heavy (non-hydrogen) atoms. The second-order valence-electron chi connectivity index (χ2n) is 4.96. The van der Waals surface area contributed by atoms with Gasteiger partial charge in [-0.05, 0) is 35.9 Å². The molecule has 2 nitrogen and oxygen atoms in total. The number of carbonyl (C=O) groups excluding carboxylic acids is 1. The van der Waals surface area contributed by atoms with Crippen molar-refractivity contribution in [2.75, 3.05) is 0 Å². The third-order valence-corrected chi connectivity index (χ3v) is 3.42. The van der Waals surface area contributed by atoms with Crippen LogP contribution in [0.1, 0.15) is 27.0 Å². The van der Waals surface area contributed by atoms with E-state index < -0.39 is 35.2 Å². The van der Waals surface area contributed by atoms with Gasteiger partial charge in [0.25, 0.3) is 0 Å². The minimum atomic E-state index is -5.02. The van der Waals surface area contributed by atoms with Gasteiger partial charge in [0, 0.05) is 5.88 Å². The summed E-state index contributed by atoms with van der Waals surface area (Å²) in [5.41, 5.74) is -2.50. The van der Waals surface area contributed by atoms with Crippen molar-refractivity contribution in [2.45, 2.75) is 18.2 Å². The van der Waals surface area contributed by atoms with Gasteiger partial charge < -0.3 is 4.74 Å². The highest BCUT2D eigenvalue weighted by Gasteiger charge is 2.37. The molecule has 0 amide bonds. The molecule has 0 aliphatic heterocycles. The summed E-state index contributed by atoms with van der Waals surface area (Å²) in [6, 6.07) is 6.19. The predicted molar refractivity (Wildman–Crippen MR) is 77.4 cm³/mol. The summed E-state index contributed by atoms with van der Waals surface area (Å²) >= 11 is 5.58. The van der Waals surface area contributed by atoms with Gasteiger partial charge in [-0.15, -0.1) is 11.6 Å². The zero-order valence-electron chi connectivity index (χ0n) is 12.2. The summed E-state index contributed by atoms with van der Waals surface area (Å²) in [7, 11) is 0. The van der Waals surface area contributed by atoms with E-state index in [2.05, 4.69) is 4.74 Å². The number of hydrogen-bond donors (Lipinski definition) is 0. The van der Waals surface area contributed by atoms with Crippen molar-refractivity contribution in [3.05, 3.63) is 64.7 Å². The van der Waals surface area contributed by atoms with Crippen LogP contribution in [-0.2, 0) is 18.2 Å². The molecular formula is C16H9ClF6O2. The zero-order valence-corrected chi connectivity index (χ0v) is 13.0. The van der Waals surface area contributed by atoms with Gasteiger partial charge in [-0.1, -0.05) is 12.1 Å². The summed E-state index contributed by atoms with van der Waals surface area (Å²) in [5.74, 6) is -1.76. The molecular weight excluding hydrogens is 374 g/mol. The smallest absolute Gasteiger partial charge is 0.416 e. The second kappa shape index (κ2) is 6.95. The molecule has 0 spiro atoms. The first-order chi connectivity index (χ1) is 11.5. The van der Waals surface area contributed by atoms with E-state index in [1.165, 1.54) is 24.3 Å². The Kier molecular flexibility index (Phi) is 5.31. The number of ether oxygens (including phenoxy) is 1. The monoisotopic (exact) mass is 382 g/mol. The number of rotatable bonds is 3. The lowest BCUT2D eigenvalue weighted by molar-refractivity contribution is -0.143. The van der Waals surface area contributed by atoms with Gasteiger partial charge in [0.2, 0.25) is 0 Å². The quantitative estimate of drug-likeness (QED) is 0.295. The van der Waals surface area contributed by atoms with Crippen LogP contribution in [-0.4, -0.2) is 5.97 Å². The van der Waals surface area contributed by atoms with E-state index in [1.807, 2.05) is 0 Å². The molecule has 9 heteroatoms. The summed E-state index contributed by atoms with van der Waals surface area (Å²) < 4.78 is 81.2. The van der Waals surface area contributed by atoms with E-state index in [0.29, 0.717) is 17.7 Å². The molecule has 0 aliphatic carbocycles. The van der Waals surface area contributed by atoms with Gasteiger partial charge in [-0.3, -0.25) is 0 Å². The van der Waals surface area contributed by atoms with Crippen molar-refractivity contribution in [2.24, 2.45) is 0 Å². The third kappa shape index (κ3) is 4.88. The van der Waals surface area contributed by atoms with E-state index >= 15 is 0 Å². The Morgan fingerprint density at radius 3 is 1.76 bits per heavy atom. The SMILES string of the molecule is O=C(Oc1cc(C(F)(F)F)cc(C(F)(F)F)c1)c1ccc(CCl)cc1. The van der Waals surface area contributed by atoms with Crippen LogP contribution in [0.2, 0.25) is 0 Å². The largest absolute Gasteiger partial charge is 0.423 e. The molecule has 0 radical (unpaired) electrons. The summed E-state index contributed by atoms with van der Waals surface area (Å²) in [5, 5.41) is 0. The van der Waals surface area contributed by atoms with Crippen LogP contribution in [0, 0.1) is 0 Å². The highest BCUT2D eigenvalue weighted by atomic mass is 35.5. The Balaban J connectivity index is 2.35. The Hall–Kier alpha value is -2.22. The molecule has 2 aromatic carbocycles. The lowest BCUT2D eigenvalue weighted by atomic mass is 10.1. The fraction of sp³-hybridized carbons (Fsp3) is 0.188. The number of esters is 1. The molecule has 0 bridgehead atoms. The molecule has 0 saturated carbocycles. The molecule has 0 atom stereocenters. The Morgan fingerprint density at radius 1 is 0.880 bits per heavy atom. The standard InChI is InChI=1S/C16H9ClF6O2/c17-8-9-1-3-10(4-2-9)14(24)25-13-6-11(15(18,19)20)5-12(7-13)16(21,22)23/h1-7H,8H2. The Morgan fingerprint density at radius 2 is 1.36 bits per heavy atom. The van der Waals surface area contributed by atoms with Gasteiger partial charge >= 0.3 is 18.3 Å². The number of halogens is 7. The maximum atomic E-state index is 12.8. The number of alkyl halides is 7. The molecule has 2 aromatic rings. The first-order valence-electron chi connectivity index (χ1n) is 6.67. The normalized spacial score (nSPS) is 12.1. The zero-order chi connectivity index (χ0) is 18.8. The molecule has 0 unspecified atom stereocenters. The van der Waals surface area contributed by atoms with Crippen molar-refractivity contribution < 1.29 is 35.9 Å². The van der Waals surface area contributed by atoms with Crippen molar-refractivity contribution in [1.82, 2.24) is 0 Å². The van der Waals surface area contributed by atoms with Gasteiger partial charge in [0.15, 0.2) is 0 Å². The number of hydrogen-bond acceptors (Lipinski definition) is 2. The fourth-order valence-electron chi connectivity index (χ4n) is 1.88. The molecule has 0 saturated heterocycles. The van der Waals surface area contributed by atoms with E-state index in [0.717, 1.165) is 0 Å². The van der Waals surface area contributed by atoms with Crippen LogP contribution < -0.4 is 4.74 Å². The molecule has 0 fully saturated rings. The number of carbonyl (C=O) groups is 1. The highest BCUT2D eigenvalue weighted by Crippen LogP contribution is 2.38. The van der Waals surface area contributed by atoms with Crippen LogP contribution in [0.3, 0.4) is 0 Å². The lowest BCUT2D eigenvalue weighted by Gasteiger charge is -2.14. The topological polar surface area (TPSA) is 26.3 Å². The van der Waals surface area contributed by atoms with Gasteiger partial charge in [0.1, 0.15) is 5.75 Å². The van der Waals surface area contributed by atoms with Crippen LogP contribution in [0.25, 0.3) is 0 Å². The lowest BCUT2D eigenvalue weighted by Crippen LogP contribution is -2.13. The Bertz CT molecular complexity index is 733. The number of benzene rings is 2. The van der Waals surface area contributed by atoms with Crippen molar-refractivity contribution >= 4 is 17.6 Å². The van der Waals surface area contributed by atoms with E-state index in [9.17, 15) is 31.1 Å². The molecule has 0 aliphatic rings. The van der Waals surface area contributed by atoms with Crippen molar-refractivity contribution in [3.8, 4) is 5.75 Å². The predicted octanol–water partition coefficient (Wildman–Crippen LogP) is 5.68. The minimum Gasteiger partial charge on any atom is -0.423 e. The first-order valence-corrected chi connectivity index (χ1v) is 7.21. The third-order valence-electron chi connectivity index (χ3n) is 3.12. The van der Waals surface area contributed by atoms with Crippen molar-refractivity contribution in [1.29, 1.82) is 0 Å². The molecule has 0 N–H and O–H groups in total. The van der Waals surface area contributed by atoms with Gasteiger partial charge in [0.05, 0.1) is 16.7 Å². The van der Waals surface area contributed by atoms with Crippen LogP contribution in [0.4, 0.5) is 26.3 Å². The van der Waals surface area contributed by atoms with E-state index in [1.54, 1.807) is 0 Å².